The van der Waals surface area contributed by atoms with Crippen LogP contribution in [0.2, 0.25) is 0 Å². The Kier molecular flexibility index (Phi) is 2.83. The Bertz CT molecular complexity index is 633. The molecule has 1 aliphatic rings. The molecule has 0 spiro atoms. The second kappa shape index (κ2) is 4.51. The van der Waals surface area contributed by atoms with Crippen molar-refractivity contribution in [3.8, 4) is 5.75 Å². The second-order valence-electron chi connectivity index (χ2n) is 4.68. The lowest BCUT2D eigenvalue weighted by Gasteiger charge is -2.11. The molecule has 0 aliphatic carbocycles. The van der Waals surface area contributed by atoms with E-state index in [4.69, 9.17) is 10.5 Å². The molecule has 5 heteroatoms. The first-order valence-corrected chi connectivity index (χ1v) is 6.20. The van der Waals surface area contributed by atoms with Crippen LogP contribution in [0.15, 0.2) is 30.6 Å². The van der Waals surface area contributed by atoms with Crippen LogP contribution < -0.4 is 10.5 Å². The monoisotopic (exact) mass is 257 g/mol. The predicted octanol–water partition coefficient (Wildman–Crippen LogP) is 1.24. The molecular weight excluding hydrogens is 242 g/mol. The first-order chi connectivity index (χ1) is 9.16. The van der Waals surface area contributed by atoms with E-state index in [1.54, 1.807) is 30.2 Å². The fourth-order valence-electron chi connectivity index (χ4n) is 2.33. The molecule has 98 valence electrons. The average Bonchev–Trinajstić information content (AvgIpc) is 3.04. The zero-order valence-electron chi connectivity index (χ0n) is 10.7. The molecule has 1 aromatic carbocycles. The molecule has 1 aliphatic heterocycles. The minimum absolute atomic E-state index is 0.133. The largest absolute Gasteiger partial charge is 0.492 e. The van der Waals surface area contributed by atoms with Crippen molar-refractivity contribution in [1.29, 1.82) is 0 Å². The van der Waals surface area contributed by atoms with Gasteiger partial charge in [0.1, 0.15) is 5.75 Å². The van der Waals surface area contributed by atoms with Gasteiger partial charge in [-0.05, 0) is 11.6 Å². The van der Waals surface area contributed by atoms with Crippen molar-refractivity contribution in [2.24, 2.45) is 12.8 Å². The molecule has 5 nitrogen and oxygen atoms in total. The molecular formula is C14H15N3O2. The zero-order valence-corrected chi connectivity index (χ0v) is 10.7. The SMILES string of the molecule is Cn1cc(C(N)C(=O)c2cccc3c2OCC3)cn1. The number of ketones is 1. The number of ether oxygens (including phenoxy) is 1. The number of fused-ring (bicyclic) bond motifs is 1. The number of hydrogen-bond acceptors (Lipinski definition) is 4. The summed E-state index contributed by atoms with van der Waals surface area (Å²) < 4.78 is 7.18. The van der Waals surface area contributed by atoms with Crippen LogP contribution in [0.5, 0.6) is 5.75 Å². The maximum atomic E-state index is 12.5. The van der Waals surface area contributed by atoms with E-state index in [0.29, 0.717) is 23.5 Å². The summed E-state index contributed by atoms with van der Waals surface area (Å²) in [7, 11) is 1.80. The van der Waals surface area contributed by atoms with Gasteiger partial charge in [-0.2, -0.15) is 5.10 Å². The third-order valence-electron chi connectivity index (χ3n) is 3.35. The minimum atomic E-state index is -0.704. The number of aryl methyl sites for hydroxylation is 1. The molecule has 0 bridgehead atoms. The number of nitrogens with two attached hydrogens (primary N) is 1. The lowest BCUT2D eigenvalue weighted by Crippen LogP contribution is -2.21. The van der Waals surface area contributed by atoms with Crippen LogP contribution in [0.25, 0.3) is 0 Å². The van der Waals surface area contributed by atoms with Crippen molar-refractivity contribution in [1.82, 2.24) is 9.78 Å². The van der Waals surface area contributed by atoms with Gasteiger partial charge in [0, 0.05) is 25.2 Å². The van der Waals surface area contributed by atoms with Gasteiger partial charge in [-0.1, -0.05) is 12.1 Å². The van der Waals surface area contributed by atoms with E-state index in [9.17, 15) is 4.79 Å². The molecule has 1 atom stereocenters. The zero-order chi connectivity index (χ0) is 13.4. The molecule has 1 unspecified atom stereocenters. The summed E-state index contributed by atoms with van der Waals surface area (Å²) in [5.41, 5.74) is 8.37. The molecule has 2 heterocycles. The Labute approximate surface area is 111 Å². The molecule has 3 rings (SSSR count). The van der Waals surface area contributed by atoms with Crippen LogP contribution in [0.4, 0.5) is 0 Å². The van der Waals surface area contributed by atoms with Gasteiger partial charge in [-0.15, -0.1) is 0 Å². The van der Waals surface area contributed by atoms with Crippen LogP contribution in [-0.2, 0) is 13.5 Å². The van der Waals surface area contributed by atoms with E-state index in [1.807, 2.05) is 12.1 Å². The van der Waals surface area contributed by atoms with Crippen LogP contribution in [0.1, 0.15) is 27.5 Å². The molecule has 0 saturated heterocycles. The Balaban J connectivity index is 1.94. The molecule has 0 fully saturated rings. The Morgan fingerprint density at radius 1 is 1.53 bits per heavy atom. The maximum absolute atomic E-state index is 12.5. The van der Waals surface area contributed by atoms with Crippen molar-refractivity contribution in [2.45, 2.75) is 12.5 Å². The smallest absolute Gasteiger partial charge is 0.187 e. The van der Waals surface area contributed by atoms with E-state index in [2.05, 4.69) is 5.10 Å². The summed E-state index contributed by atoms with van der Waals surface area (Å²) in [5, 5.41) is 4.04. The summed E-state index contributed by atoms with van der Waals surface area (Å²) in [6, 6.07) is 4.91. The summed E-state index contributed by atoms with van der Waals surface area (Å²) >= 11 is 0. The van der Waals surface area contributed by atoms with Gasteiger partial charge in [0.25, 0.3) is 0 Å². The second-order valence-corrected chi connectivity index (χ2v) is 4.68. The van der Waals surface area contributed by atoms with E-state index in [-0.39, 0.29) is 5.78 Å². The number of aromatic nitrogens is 2. The number of para-hydroxylation sites is 1. The minimum Gasteiger partial charge on any atom is -0.492 e. The van der Waals surface area contributed by atoms with E-state index in [0.717, 1.165) is 12.0 Å². The molecule has 2 N–H and O–H groups in total. The van der Waals surface area contributed by atoms with E-state index >= 15 is 0 Å². The highest BCUT2D eigenvalue weighted by molar-refractivity contribution is 6.03. The molecule has 0 radical (unpaired) electrons. The number of carbonyl (C=O) groups excluding carboxylic acids is 1. The van der Waals surface area contributed by atoms with Crippen molar-refractivity contribution in [2.75, 3.05) is 6.61 Å². The molecule has 2 aromatic rings. The van der Waals surface area contributed by atoms with E-state index < -0.39 is 6.04 Å². The van der Waals surface area contributed by atoms with Gasteiger partial charge in [0.05, 0.1) is 24.4 Å². The maximum Gasteiger partial charge on any atom is 0.187 e. The van der Waals surface area contributed by atoms with Gasteiger partial charge in [0.2, 0.25) is 0 Å². The van der Waals surface area contributed by atoms with Gasteiger partial charge in [0.15, 0.2) is 5.78 Å². The molecule has 0 amide bonds. The number of carbonyl (C=O) groups is 1. The fourth-order valence-corrected chi connectivity index (χ4v) is 2.33. The molecule has 19 heavy (non-hydrogen) atoms. The highest BCUT2D eigenvalue weighted by atomic mass is 16.5. The summed E-state index contributed by atoms with van der Waals surface area (Å²) in [6.45, 7) is 0.627. The Morgan fingerprint density at radius 3 is 3.11 bits per heavy atom. The summed E-state index contributed by atoms with van der Waals surface area (Å²) in [6.07, 6.45) is 4.22. The van der Waals surface area contributed by atoms with Gasteiger partial charge >= 0.3 is 0 Å². The summed E-state index contributed by atoms with van der Waals surface area (Å²) in [4.78, 5) is 12.5. The van der Waals surface area contributed by atoms with Crippen molar-refractivity contribution >= 4 is 5.78 Å². The van der Waals surface area contributed by atoms with E-state index in [1.165, 1.54) is 0 Å². The average molecular weight is 257 g/mol. The van der Waals surface area contributed by atoms with Crippen molar-refractivity contribution in [3.63, 3.8) is 0 Å². The fraction of sp³-hybridized carbons (Fsp3) is 0.286. The van der Waals surface area contributed by atoms with Crippen LogP contribution in [0.3, 0.4) is 0 Å². The lowest BCUT2D eigenvalue weighted by atomic mass is 9.98. The summed E-state index contributed by atoms with van der Waals surface area (Å²) in [5.74, 6) is 0.554. The van der Waals surface area contributed by atoms with Crippen LogP contribution in [0, 0.1) is 0 Å². The number of rotatable bonds is 3. The number of hydrogen-bond donors (Lipinski definition) is 1. The highest BCUT2D eigenvalue weighted by Gasteiger charge is 2.25. The Hall–Kier alpha value is -2.14. The predicted molar refractivity (Wildman–Crippen MR) is 70.1 cm³/mol. The van der Waals surface area contributed by atoms with Crippen molar-refractivity contribution < 1.29 is 9.53 Å². The quantitative estimate of drug-likeness (QED) is 0.840. The number of benzene rings is 1. The topological polar surface area (TPSA) is 70.1 Å². The van der Waals surface area contributed by atoms with Gasteiger partial charge in [-0.3, -0.25) is 9.48 Å². The standard InChI is InChI=1S/C14H15N3O2/c1-17-8-10(7-16-17)12(15)13(18)11-4-2-3-9-5-6-19-14(9)11/h2-4,7-8,12H,5-6,15H2,1H3. The lowest BCUT2D eigenvalue weighted by molar-refractivity contribution is 0.0958. The van der Waals surface area contributed by atoms with Crippen LogP contribution >= 0.6 is 0 Å². The normalized spacial score (nSPS) is 14.8. The van der Waals surface area contributed by atoms with Gasteiger partial charge in [-0.25, -0.2) is 0 Å². The van der Waals surface area contributed by atoms with Crippen molar-refractivity contribution in [3.05, 3.63) is 47.3 Å². The molecule has 1 aromatic heterocycles. The first-order valence-electron chi connectivity index (χ1n) is 6.20. The number of Topliss-reactive ketones (excluding diaryl/α,β-unsaturated/α-hetero) is 1. The van der Waals surface area contributed by atoms with Gasteiger partial charge < -0.3 is 10.5 Å². The Morgan fingerprint density at radius 2 is 2.37 bits per heavy atom. The third-order valence-corrected chi connectivity index (χ3v) is 3.35. The number of nitrogens with zero attached hydrogens (tertiary/aromatic N) is 2. The molecule has 0 saturated carbocycles. The highest BCUT2D eigenvalue weighted by Crippen LogP contribution is 2.31. The first kappa shape index (κ1) is 11.9. The van der Waals surface area contributed by atoms with Crippen LogP contribution in [-0.4, -0.2) is 22.2 Å². The third kappa shape index (κ3) is 2.02.